The normalized spacial score (nSPS) is 13.0. The van der Waals surface area contributed by atoms with Gasteiger partial charge in [0.25, 0.3) is 5.91 Å². The number of benzene rings is 1. The van der Waals surface area contributed by atoms with Gasteiger partial charge in [-0.25, -0.2) is 0 Å². The molecule has 5 nitrogen and oxygen atoms in total. The van der Waals surface area contributed by atoms with Gasteiger partial charge in [0.05, 0.1) is 18.0 Å². The third-order valence-corrected chi connectivity index (χ3v) is 4.86. The van der Waals surface area contributed by atoms with Crippen molar-refractivity contribution in [3.8, 4) is 5.75 Å². The van der Waals surface area contributed by atoms with Gasteiger partial charge in [-0.3, -0.25) is 9.59 Å². The van der Waals surface area contributed by atoms with Crippen LogP contribution in [-0.4, -0.2) is 36.9 Å². The standard InChI is InChI=1S/C18H22N2O3S/c1-12(19-17(21)16-6-5-11-24-16)18(22)20(3)13(2)14-7-9-15(23-4)10-8-14/h5-13H,1-4H3,(H,19,21). The summed E-state index contributed by atoms with van der Waals surface area (Å²) in [7, 11) is 3.36. The zero-order valence-electron chi connectivity index (χ0n) is 14.3. The zero-order chi connectivity index (χ0) is 17.7. The van der Waals surface area contributed by atoms with Gasteiger partial charge in [-0.2, -0.15) is 0 Å². The van der Waals surface area contributed by atoms with Gasteiger partial charge in [-0.15, -0.1) is 11.3 Å². The van der Waals surface area contributed by atoms with Crippen LogP contribution in [0.15, 0.2) is 41.8 Å². The molecule has 0 bridgehead atoms. The molecule has 2 unspecified atom stereocenters. The monoisotopic (exact) mass is 346 g/mol. The summed E-state index contributed by atoms with van der Waals surface area (Å²) in [6.07, 6.45) is 0. The van der Waals surface area contributed by atoms with E-state index in [2.05, 4.69) is 5.32 Å². The lowest BCUT2D eigenvalue weighted by Gasteiger charge is -2.28. The Bertz CT molecular complexity index is 683. The van der Waals surface area contributed by atoms with Gasteiger partial charge in [0, 0.05) is 7.05 Å². The molecule has 0 spiro atoms. The summed E-state index contributed by atoms with van der Waals surface area (Å²) < 4.78 is 5.15. The predicted octanol–water partition coefficient (Wildman–Crippen LogP) is 3.09. The average Bonchev–Trinajstić information content (AvgIpc) is 3.14. The molecule has 0 fully saturated rings. The maximum Gasteiger partial charge on any atom is 0.261 e. The van der Waals surface area contributed by atoms with Gasteiger partial charge >= 0.3 is 0 Å². The molecule has 0 aliphatic heterocycles. The molecule has 0 aliphatic carbocycles. The van der Waals surface area contributed by atoms with Gasteiger partial charge in [0.15, 0.2) is 0 Å². The van der Waals surface area contributed by atoms with Crippen LogP contribution in [-0.2, 0) is 4.79 Å². The van der Waals surface area contributed by atoms with Crippen molar-refractivity contribution in [1.82, 2.24) is 10.2 Å². The van der Waals surface area contributed by atoms with Crippen LogP contribution < -0.4 is 10.1 Å². The molecule has 1 N–H and O–H groups in total. The fourth-order valence-corrected chi connectivity index (χ4v) is 2.97. The van der Waals surface area contributed by atoms with Gasteiger partial charge in [-0.1, -0.05) is 18.2 Å². The van der Waals surface area contributed by atoms with E-state index < -0.39 is 6.04 Å². The molecule has 0 saturated carbocycles. The molecule has 0 aliphatic rings. The molecule has 2 atom stereocenters. The molecule has 24 heavy (non-hydrogen) atoms. The van der Waals surface area contributed by atoms with Crippen LogP contribution in [0.5, 0.6) is 5.75 Å². The smallest absolute Gasteiger partial charge is 0.261 e. The van der Waals surface area contributed by atoms with Crippen LogP contribution in [0.4, 0.5) is 0 Å². The number of nitrogens with one attached hydrogen (secondary N) is 1. The lowest BCUT2D eigenvalue weighted by molar-refractivity contribution is -0.133. The first-order chi connectivity index (χ1) is 11.4. The molecular formula is C18H22N2O3S. The fourth-order valence-electron chi connectivity index (χ4n) is 2.34. The van der Waals surface area contributed by atoms with E-state index in [-0.39, 0.29) is 17.9 Å². The van der Waals surface area contributed by atoms with E-state index in [0.717, 1.165) is 11.3 Å². The van der Waals surface area contributed by atoms with Crippen molar-refractivity contribution in [2.75, 3.05) is 14.2 Å². The number of amides is 2. The first kappa shape index (κ1) is 18.0. The Kier molecular flexibility index (Phi) is 5.98. The number of methoxy groups -OCH3 is 1. The first-order valence-corrected chi connectivity index (χ1v) is 8.57. The van der Waals surface area contributed by atoms with E-state index in [1.54, 1.807) is 32.0 Å². The van der Waals surface area contributed by atoms with Gasteiger partial charge in [0.2, 0.25) is 5.91 Å². The van der Waals surface area contributed by atoms with E-state index in [1.165, 1.54) is 11.3 Å². The highest BCUT2D eigenvalue weighted by atomic mass is 32.1. The second-order valence-electron chi connectivity index (χ2n) is 5.57. The van der Waals surface area contributed by atoms with Crippen molar-refractivity contribution in [2.45, 2.75) is 25.9 Å². The average molecular weight is 346 g/mol. The molecule has 0 saturated heterocycles. The minimum atomic E-state index is -0.592. The number of rotatable bonds is 6. The Balaban J connectivity index is 2.00. The Labute approximate surface area is 146 Å². The van der Waals surface area contributed by atoms with E-state index in [9.17, 15) is 9.59 Å². The maximum absolute atomic E-state index is 12.6. The van der Waals surface area contributed by atoms with Crippen molar-refractivity contribution in [1.29, 1.82) is 0 Å². The second kappa shape index (κ2) is 7.97. The Morgan fingerprint density at radius 3 is 2.38 bits per heavy atom. The van der Waals surface area contributed by atoms with E-state index in [0.29, 0.717) is 4.88 Å². The Morgan fingerprint density at radius 1 is 1.17 bits per heavy atom. The van der Waals surface area contributed by atoms with Crippen LogP contribution in [0.1, 0.15) is 35.1 Å². The molecule has 1 aromatic carbocycles. The molecule has 2 rings (SSSR count). The van der Waals surface area contributed by atoms with Crippen LogP contribution in [0.3, 0.4) is 0 Å². The van der Waals surface area contributed by atoms with Crippen LogP contribution >= 0.6 is 11.3 Å². The van der Waals surface area contributed by atoms with Gasteiger partial charge in [0.1, 0.15) is 11.8 Å². The third-order valence-electron chi connectivity index (χ3n) is 3.99. The summed E-state index contributed by atoms with van der Waals surface area (Å²) in [4.78, 5) is 26.9. The predicted molar refractivity (Wildman–Crippen MR) is 95.4 cm³/mol. The van der Waals surface area contributed by atoms with Crippen LogP contribution in [0.25, 0.3) is 0 Å². The largest absolute Gasteiger partial charge is 0.497 e. The third kappa shape index (κ3) is 4.14. The molecule has 6 heteroatoms. The number of hydrogen-bond donors (Lipinski definition) is 1. The van der Waals surface area contributed by atoms with Crippen molar-refractivity contribution in [2.24, 2.45) is 0 Å². The van der Waals surface area contributed by atoms with E-state index in [1.807, 2.05) is 42.6 Å². The number of likely N-dealkylation sites (N-methyl/N-ethyl adjacent to an activating group) is 1. The molecule has 128 valence electrons. The highest BCUT2D eigenvalue weighted by Gasteiger charge is 2.24. The molecule has 0 radical (unpaired) electrons. The molecule has 2 aromatic rings. The van der Waals surface area contributed by atoms with Crippen molar-refractivity contribution < 1.29 is 14.3 Å². The van der Waals surface area contributed by atoms with Crippen molar-refractivity contribution in [3.05, 3.63) is 52.2 Å². The molecular weight excluding hydrogens is 324 g/mol. The summed E-state index contributed by atoms with van der Waals surface area (Å²) in [5.41, 5.74) is 1.00. The fraction of sp³-hybridized carbons (Fsp3) is 0.333. The summed E-state index contributed by atoms with van der Waals surface area (Å²) in [5, 5.41) is 4.58. The SMILES string of the molecule is COc1ccc(C(C)N(C)C(=O)C(C)NC(=O)c2cccs2)cc1. The second-order valence-corrected chi connectivity index (χ2v) is 6.52. The molecule has 1 aromatic heterocycles. The quantitative estimate of drug-likeness (QED) is 0.874. The summed E-state index contributed by atoms with van der Waals surface area (Å²) >= 11 is 1.35. The molecule has 1 heterocycles. The number of nitrogens with zero attached hydrogens (tertiary/aromatic N) is 1. The van der Waals surface area contributed by atoms with E-state index in [4.69, 9.17) is 4.74 Å². The van der Waals surface area contributed by atoms with Crippen molar-refractivity contribution >= 4 is 23.2 Å². The van der Waals surface area contributed by atoms with E-state index >= 15 is 0 Å². The minimum Gasteiger partial charge on any atom is -0.497 e. The maximum atomic E-state index is 12.6. The van der Waals surface area contributed by atoms with Gasteiger partial charge < -0.3 is 15.0 Å². The Morgan fingerprint density at radius 2 is 1.83 bits per heavy atom. The minimum absolute atomic E-state index is 0.107. The summed E-state index contributed by atoms with van der Waals surface area (Å²) in [6.45, 7) is 3.65. The zero-order valence-corrected chi connectivity index (χ0v) is 15.1. The number of thiophene rings is 1. The highest BCUT2D eigenvalue weighted by Crippen LogP contribution is 2.22. The topological polar surface area (TPSA) is 58.6 Å². The summed E-state index contributed by atoms with van der Waals surface area (Å²) in [6, 6.07) is 10.4. The number of carbonyl (C=O) groups is 2. The number of carbonyl (C=O) groups excluding carboxylic acids is 2. The lowest BCUT2D eigenvalue weighted by Crippen LogP contribution is -2.46. The Hall–Kier alpha value is -2.34. The summed E-state index contributed by atoms with van der Waals surface area (Å²) in [5.74, 6) is 0.413. The number of ether oxygens (including phenoxy) is 1. The highest BCUT2D eigenvalue weighted by molar-refractivity contribution is 7.12. The first-order valence-electron chi connectivity index (χ1n) is 7.69. The lowest BCUT2D eigenvalue weighted by atomic mass is 10.1. The van der Waals surface area contributed by atoms with Crippen LogP contribution in [0.2, 0.25) is 0 Å². The van der Waals surface area contributed by atoms with Crippen molar-refractivity contribution in [3.63, 3.8) is 0 Å². The van der Waals surface area contributed by atoms with Gasteiger partial charge in [-0.05, 0) is 43.0 Å². The number of hydrogen-bond acceptors (Lipinski definition) is 4. The molecule has 2 amide bonds. The van der Waals surface area contributed by atoms with Crippen LogP contribution in [0, 0.1) is 0 Å².